The van der Waals surface area contributed by atoms with Crippen molar-refractivity contribution in [2.24, 2.45) is 5.92 Å². The maximum atomic E-state index is 2.84. The summed E-state index contributed by atoms with van der Waals surface area (Å²) in [6.45, 7) is 7.95. The number of hydrogen-bond donors (Lipinski definition) is 0. The second-order valence-corrected chi connectivity index (χ2v) is 6.82. The molecule has 1 aliphatic carbocycles. The predicted molar refractivity (Wildman–Crippen MR) is 76.8 cm³/mol. The summed E-state index contributed by atoms with van der Waals surface area (Å²) in [5.41, 5.74) is 0. The van der Waals surface area contributed by atoms with Crippen LogP contribution in [0.4, 0.5) is 0 Å². The highest BCUT2D eigenvalue weighted by Gasteiger charge is 2.32. The van der Waals surface area contributed by atoms with Crippen LogP contribution in [0.1, 0.15) is 58.3 Å². The Hall–Kier alpha value is -0.0800. The summed E-state index contributed by atoms with van der Waals surface area (Å²) in [5, 5.41) is 0. The van der Waals surface area contributed by atoms with Crippen molar-refractivity contribution >= 4 is 0 Å². The van der Waals surface area contributed by atoms with E-state index in [0.717, 1.165) is 18.0 Å². The van der Waals surface area contributed by atoms with Gasteiger partial charge in [0, 0.05) is 18.6 Å². The predicted octanol–water partition coefficient (Wildman–Crippen LogP) is 3.13. The van der Waals surface area contributed by atoms with Gasteiger partial charge < -0.3 is 0 Å². The lowest BCUT2D eigenvalue weighted by molar-refractivity contribution is 0.105. The molecule has 0 N–H and O–H groups in total. The number of rotatable bonds is 2. The standard InChI is InChI=1S/C16H30N2/c1-14(15-7-2-3-8-15)18-12-6-11-17-10-5-4-9-16(17)13-18/h14-16H,2-13H2,1H3. The summed E-state index contributed by atoms with van der Waals surface area (Å²) >= 11 is 0. The normalized spacial score (nSPS) is 34.2. The molecular formula is C16H30N2. The van der Waals surface area contributed by atoms with Gasteiger partial charge in [-0.1, -0.05) is 19.3 Å². The summed E-state index contributed by atoms with van der Waals surface area (Å²) in [7, 11) is 0. The Kier molecular flexibility index (Phi) is 4.25. The first-order valence-electron chi connectivity index (χ1n) is 8.32. The minimum absolute atomic E-state index is 0.842. The van der Waals surface area contributed by atoms with Gasteiger partial charge in [-0.25, -0.2) is 0 Å². The molecule has 0 radical (unpaired) electrons. The van der Waals surface area contributed by atoms with Gasteiger partial charge in [-0.3, -0.25) is 9.80 Å². The largest absolute Gasteiger partial charge is 0.299 e. The van der Waals surface area contributed by atoms with Crippen molar-refractivity contribution in [3.8, 4) is 0 Å². The first-order valence-corrected chi connectivity index (χ1v) is 8.32. The van der Waals surface area contributed by atoms with Gasteiger partial charge in [-0.15, -0.1) is 0 Å². The van der Waals surface area contributed by atoms with Gasteiger partial charge in [-0.2, -0.15) is 0 Å². The zero-order valence-electron chi connectivity index (χ0n) is 12.1. The van der Waals surface area contributed by atoms with Crippen molar-refractivity contribution < 1.29 is 0 Å². The molecule has 2 saturated heterocycles. The van der Waals surface area contributed by atoms with Gasteiger partial charge in [0.15, 0.2) is 0 Å². The van der Waals surface area contributed by atoms with Crippen LogP contribution >= 0.6 is 0 Å². The molecule has 2 unspecified atom stereocenters. The summed E-state index contributed by atoms with van der Waals surface area (Å²) in [6, 6.07) is 1.72. The molecule has 0 spiro atoms. The molecule has 2 aliphatic heterocycles. The van der Waals surface area contributed by atoms with Crippen LogP contribution in [0, 0.1) is 5.92 Å². The molecule has 1 saturated carbocycles. The van der Waals surface area contributed by atoms with Crippen LogP contribution in [-0.2, 0) is 0 Å². The Morgan fingerprint density at radius 1 is 0.833 bits per heavy atom. The summed E-state index contributed by atoms with van der Waals surface area (Å²) in [5.74, 6) is 1.00. The monoisotopic (exact) mass is 250 g/mol. The molecule has 0 bridgehead atoms. The van der Waals surface area contributed by atoms with Gasteiger partial charge in [0.25, 0.3) is 0 Å². The van der Waals surface area contributed by atoms with E-state index in [4.69, 9.17) is 0 Å². The fourth-order valence-electron chi connectivity index (χ4n) is 4.51. The summed E-state index contributed by atoms with van der Waals surface area (Å²) < 4.78 is 0. The third-order valence-corrected chi connectivity index (χ3v) is 5.74. The topological polar surface area (TPSA) is 6.48 Å². The van der Waals surface area contributed by atoms with Gasteiger partial charge in [-0.05, 0) is 64.6 Å². The van der Waals surface area contributed by atoms with Crippen molar-refractivity contribution in [1.82, 2.24) is 9.80 Å². The fraction of sp³-hybridized carbons (Fsp3) is 1.00. The van der Waals surface area contributed by atoms with E-state index in [9.17, 15) is 0 Å². The van der Waals surface area contributed by atoms with Gasteiger partial charge in [0.2, 0.25) is 0 Å². The molecule has 3 rings (SSSR count). The molecule has 3 aliphatic rings. The second-order valence-electron chi connectivity index (χ2n) is 6.82. The third-order valence-electron chi connectivity index (χ3n) is 5.74. The molecule has 0 aromatic heterocycles. The molecule has 2 atom stereocenters. The van der Waals surface area contributed by atoms with E-state index in [2.05, 4.69) is 16.7 Å². The number of nitrogens with zero attached hydrogens (tertiary/aromatic N) is 2. The van der Waals surface area contributed by atoms with Crippen LogP contribution in [0.5, 0.6) is 0 Å². The Morgan fingerprint density at radius 3 is 2.39 bits per heavy atom. The molecule has 2 heteroatoms. The lowest BCUT2D eigenvalue weighted by Gasteiger charge is -2.38. The molecule has 2 heterocycles. The van der Waals surface area contributed by atoms with Gasteiger partial charge in [0.05, 0.1) is 0 Å². The second kappa shape index (κ2) is 5.92. The first-order chi connectivity index (χ1) is 8.84. The van der Waals surface area contributed by atoms with Crippen molar-refractivity contribution in [1.29, 1.82) is 0 Å². The third kappa shape index (κ3) is 2.75. The Bertz CT molecular complexity index is 260. The van der Waals surface area contributed by atoms with Crippen LogP contribution in [0.15, 0.2) is 0 Å². The van der Waals surface area contributed by atoms with E-state index in [0.29, 0.717) is 0 Å². The van der Waals surface area contributed by atoms with Gasteiger partial charge in [0.1, 0.15) is 0 Å². The average molecular weight is 250 g/mol. The fourth-order valence-corrected chi connectivity index (χ4v) is 4.51. The van der Waals surface area contributed by atoms with Crippen LogP contribution < -0.4 is 0 Å². The zero-order valence-corrected chi connectivity index (χ0v) is 12.1. The van der Waals surface area contributed by atoms with Crippen LogP contribution in [0.25, 0.3) is 0 Å². The molecule has 0 aromatic rings. The number of piperidine rings is 1. The quantitative estimate of drug-likeness (QED) is 0.743. The maximum absolute atomic E-state index is 2.84. The minimum Gasteiger partial charge on any atom is -0.299 e. The lowest BCUT2D eigenvalue weighted by Crippen LogP contribution is -2.47. The number of hydrogen-bond acceptors (Lipinski definition) is 2. The van der Waals surface area contributed by atoms with E-state index < -0.39 is 0 Å². The molecule has 0 aromatic carbocycles. The highest BCUT2D eigenvalue weighted by atomic mass is 15.3. The average Bonchev–Trinajstić information content (AvgIpc) is 2.84. The maximum Gasteiger partial charge on any atom is 0.0223 e. The zero-order chi connectivity index (χ0) is 12.4. The summed E-state index contributed by atoms with van der Waals surface area (Å²) in [4.78, 5) is 5.62. The Labute approximate surface area is 113 Å². The van der Waals surface area contributed by atoms with E-state index in [1.807, 2.05) is 0 Å². The van der Waals surface area contributed by atoms with E-state index >= 15 is 0 Å². The van der Waals surface area contributed by atoms with E-state index in [1.54, 1.807) is 0 Å². The van der Waals surface area contributed by atoms with Crippen LogP contribution in [0.3, 0.4) is 0 Å². The van der Waals surface area contributed by atoms with Crippen molar-refractivity contribution in [2.45, 2.75) is 70.4 Å². The smallest absolute Gasteiger partial charge is 0.0223 e. The Morgan fingerprint density at radius 2 is 1.56 bits per heavy atom. The van der Waals surface area contributed by atoms with Gasteiger partial charge >= 0.3 is 0 Å². The van der Waals surface area contributed by atoms with Crippen LogP contribution in [-0.4, -0.2) is 48.1 Å². The van der Waals surface area contributed by atoms with Crippen LogP contribution in [0.2, 0.25) is 0 Å². The summed E-state index contributed by atoms with van der Waals surface area (Å²) in [6.07, 6.45) is 11.7. The first kappa shape index (κ1) is 12.9. The number of fused-ring (bicyclic) bond motifs is 1. The van der Waals surface area contributed by atoms with Crippen molar-refractivity contribution in [2.75, 3.05) is 26.2 Å². The van der Waals surface area contributed by atoms with Crippen molar-refractivity contribution in [3.63, 3.8) is 0 Å². The van der Waals surface area contributed by atoms with E-state index in [-0.39, 0.29) is 0 Å². The molecule has 2 nitrogen and oxygen atoms in total. The molecule has 0 amide bonds. The minimum atomic E-state index is 0.842. The Balaban J connectivity index is 1.61. The lowest BCUT2D eigenvalue weighted by atomic mass is 9.96. The highest BCUT2D eigenvalue weighted by Crippen LogP contribution is 2.31. The molecular weight excluding hydrogens is 220 g/mol. The molecule has 18 heavy (non-hydrogen) atoms. The van der Waals surface area contributed by atoms with E-state index in [1.165, 1.54) is 77.5 Å². The SMILES string of the molecule is CC(C1CCCC1)N1CCCN2CCCCC2C1. The molecule has 104 valence electrons. The molecule has 3 fully saturated rings. The van der Waals surface area contributed by atoms with Crippen molar-refractivity contribution in [3.05, 3.63) is 0 Å². The highest BCUT2D eigenvalue weighted by molar-refractivity contribution is 4.87.